The summed E-state index contributed by atoms with van der Waals surface area (Å²) < 4.78 is 41.0. The highest BCUT2D eigenvalue weighted by atomic mass is 32.2. The highest BCUT2D eigenvalue weighted by molar-refractivity contribution is 7.90. The van der Waals surface area contributed by atoms with Crippen LogP contribution in [0.4, 0.5) is 11.6 Å². The molecule has 2 aliphatic rings. The van der Waals surface area contributed by atoms with Crippen molar-refractivity contribution >= 4 is 32.7 Å². The number of nitrogens with zero attached hydrogens (tertiary/aromatic N) is 6. The smallest absolute Gasteiger partial charge is 0.266 e. The topological polar surface area (TPSA) is 133 Å². The van der Waals surface area contributed by atoms with Gasteiger partial charge in [-0.25, -0.2) is 22.4 Å². The van der Waals surface area contributed by atoms with Gasteiger partial charge in [-0.15, -0.1) is 0 Å². The zero-order valence-corrected chi connectivity index (χ0v) is 26.5. The lowest BCUT2D eigenvalue weighted by molar-refractivity contribution is -0.0208. The molecule has 238 valence electrons. The minimum Gasteiger partial charge on any atom is -0.381 e. The molecule has 5 aromatic rings. The second kappa shape index (κ2) is 12.4. The Labute approximate surface area is 266 Å². The fourth-order valence-electron chi connectivity index (χ4n) is 6.08. The summed E-state index contributed by atoms with van der Waals surface area (Å²) in [5, 5.41) is 3.28. The van der Waals surface area contributed by atoms with Crippen LogP contribution in [-0.2, 0) is 19.5 Å². The Balaban J connectivity index is 1.26. The van der Waals surface area contributed by atoms with Gasteiger partial charge in [0.05, 0.1) is 40.6 Å². The van der Waals surface area contributed by atoms with Gasteiger partial charge in [-0.1, -0.05) is 30.3 Å². The summed E-state index contributed by atoms with van der Waals surface area (Å²) in [6.07, 6.45) is 3.79. The fourth-order valence-corrected chi connectivity index (χ4v) is 7.84. The first-order valence-electron chi connectivity index (χ1n) is 15.3. The van der Waals surface area contributed by atoms with E-state index in [4.69, 9.17) is 14.5 Å². The molecular formula is C33H35N7O5S. The van der Waals surface area contributed by atoms with E-state index in [0.29, 0.717) is 66.7 Å². The van der Waals surface area contributed by atoms with E-state index >= 15 is 0 Å². The van der Waals surface area contributed by atoms with Gasteiger partial charge < -0.3 is 19.7 Å². The van der Waals surface area contributed by atoms with Crippen molar-refractivity contribution in [3.05, 3.63) is 94.8 Å². The third kappa shape index (κ3) is 5.71. The Morgan fingerprint density at radius 1 is 0.978 bits per heavy atom. The summed E-state index contributed by atoms with van der Waals surface area (Å²) >= 11 is 0. The quantitative estimate of drug-likeness (QED) is 0.277. The van der Waals surface area contributed by atoms with Crippen LogP contribution in [0.2, 0.25) is 0 Å². The summed E-state index contributed by atoms with van der Waals surface area (Å²) in [6, 6.07) is 18.9. The van der Waals surface area contributed by atoms with E-state index in [-0.39, 0.29) is 17.2 Å². The van der Waals surface area contributed by atoms with Crippen molar-refractivity contribution in [2.45, 2.75) is 31.1 Å². The van der Waals surface area contributed by atoms with Crippen LogP contribution in [0.25, 0.3) is 28.0 Å². The second-order valence-corrected chi connectivity index (χ2v) is 13.8. The van der Waals surface area contributed by atoms with E-state index in [1.54, 1.807) is 19.2 Å². The number of morpholine rings is 1. The lowest BCUT2D eigenvalue weighted by Gasteiger charge is -2.30. The monoisotopic (exact) mass is 641 g/mol. The maximum Gasteiger partial charge on any atom is 0.266 e. The minimum atomic E-state index is -3.72. The van der Waals surface area contributed by atoms with Crippen LogP contribution >= 0.6 is 0 Å². The number of hydrogen-bond acceptors (Lipinski definition) is 10. The molecule has 2 aromatic carbocycles. The molecule has 2 fully saturated rings. The standard InChI is InChI=1S/C33H35N7O5S/c1-22-30(35-21-39(22)46(42,43)27-12-15-44-16-13-27)28-18-24-19-34-33(37-31(24)40(32(28)41)26-6-4-3-5-7-26)36-25-10-8-23(9-11-25)29-20-38(2)14-17-45-29/h3-11,18-19,21,27,29H,12-17,20H2,1-2H3,(H,34,36,37). The summed E-state index contributed by atoms with van der Waals surface area (Å²) in [6.45, 7) is 4.92. The molecule has 7 rings (SSSR count). The number of benzene rings is 2. The molecular weight excluding hydrogens is 606 g/mol. The predicted octanol–water partition coefficient (Wildman–Crippen LogP) is 4.06. The molecule has 1 atom stereocenters. The summed E-state index contributed by atoms with van der Waals surface area (Å²) in [7, 11) is -1.63. The van der Waals surface area contributed by atoms with E-state index in [1.807, 2.05) is 54.6 Å². The Kier molecular flexibility index (Phi) is 8.15. The lowest BCUT2D eigenvalue weighted by Crippen LogP contribution is -2.35. The van der Waals surface area contributed by atoms with Crippen molar-refractivity contribution in [3.63, 3.8) is 0 Å². The lowest BCUT2D eigenvalue weighted by atomic mass is 10.1. The molecule has 13 heteroatoms. The molecule has 0 saturated carbocycles. The fraction of sp³-hybridized carbons (Fsp3) is 0.333. The maximum atomic E-state index is 14.2. The van der Waals surface area contributed by atoms with E-state index in [9.17, 15) is 13.2 Å². The molecule has 0 amide bonds. The van der Waals surface area contributed by atoms with Crippen LogP contribution in [0.3, 0.4) is 0 Å². The Hall–Kier alpha value is -4.43. The number of aromatic nitrogens is 5. The predicted molar refractivity (Wildman–Crippen MR) is 175 cm³/mol. The van der Waals surface area contributed by atoms with E-state index in [2.05, 4.69) is 27.2 Å². The van der Waals surface area contributed by atoms with Crippen molar-refractivity contribution in [2.24, 2.45) is 0 Å². The number of rotatable bonds is 7. The molecule has 0 aliphatic carbocycles. The highest BCUT2D eigenvalue weighted by Crippen LogP contribution is 2.28. The molecule has 0 radical (unpaired) electrons. The van der Waals surface area contributed by atoms with Gasteiger partial charge in [0.25, 0.3) is 5.56 Å². The third-order valence-electron chi connectivity index (χ3n) is 8.65. The molecule has 1 unspecified atom stereocenters. The van der Waals surface area contributed by atoms with Gasteiger partial charge in [-0.05, 0) is 62.7 Å². The Bertz CT molecular complexity index is 2040. The highest BCUT2D eigenvalue weighted by Gasteiger charge is 2.32. The Morgan fingerprint density at radius 2 is 1.74 bits per heavy atom. The van der Waals surface area contributed by atoms with Crippen molar-refractivity contribution in [1.82, 2.24) is 28.4 Å². The van der Waals surface area contributed by atoms with Crippen molar-refractivity contribution < 1.29 is 17.9 Å². The number of anilines is 2. The van der Waals surface area contributed by atoms with Crippen LogP contribution in [0.1, 0.15) is 30.2 Å². The largest absolute Gasteiger partial charge is 0.381 e. The van der Waals surface area contributed by atoms with Crippen molar-refractivity contribution in [3.8, 4) is 16.9 Å². The first kappa shape index (κ1) is 30.2. The molecule has 2 saturated heterocycles. The molecule has 0 spiro atoms. The van der Waals surface area contributed by atoms with Crippen LogP contribution < -0.4 is 10.9 Å². The molecule has 0 bridgehead atoms. The van der Waals surface area contributed by atoms with Gasteiger partial charge in [0, 0.05) is 43.6 Å². The van der Waals surface area contributed by atoms with Crippen LogP contribution in [0.5, 0.6) is 0 Å². The summed E-state index contributed by atoms with van der Waals surface area (Å²) in [4.78, 5) is 30.2. The van der Waals surface area contributed by atoms with Crippen LogP contribution in [0.15, 0.2) is 78.0 Å². The average molecular weight is 642 g/mol. The normalized spacial score (nSPS) is 18.2. The van der Waals surface area contributed by atoms with Crippen molar-refractivity contribution in [2.75, 3.05) is 45.3 Å². The summed E-state index contributed by atoms with van der Waals surface area (Å²) in [5.41, 5.74) is 3.45. The molecule has 12 nitrogen and oxygen atoms in total. The first-order valence-corrected chi connectivity index (χ1v) is 16.8. The zero-order valence-electron chi connectivity index (χ0n) is 25.7. The van der Waals surface area contributed by atoms with Crippen molar-refractivity contribution in [1.29, 1.82) is 0 Å². The third-order valence-corrected chi connectivity index (χ3v) is 10.9. The first-order chi connectivity index (χ1) is 22.3. The molecule has 5 heterocycles. The molecule has 3 aromatic heterocycles. The molecule has 46 heavy (non-hydrogen) atoms. The minimum absolute atomic E-state index is 0.0243. The Morgan fingerprint density at radius 3 is 2.48 bits per heavy atom. The van der Waals surface area contributed by atoms with E-state index in [0.717, 1.165) is 24.3 Å². The molecule has 2 aliphatic heterocycles. The number of likely N-dealkylation sites (N-methyl/N-ethyl adjacent to an activating group) is 1. The van der Waals surface area contributed by atoms with Gasteiger partial charge in [0.15, 0.2) is 5.65 Å². The number of fused-ring (bicyclic) bond motifs is 1. The van der Waals surface area contributed by atoms with Gasteiger partial charge in [0.1, 0.15) is 6.33 Å². The SMILES string of the molecule is Cc1c(-c2cc3cnc(Nc4ccc(C5CN(C)CCO5)cc4)nc3n(-c3ccccc3)c2=O)ncn1S(=O)(=O)C1CCOCC1. The van der Waals surface area contributed by atoms with E-state index in [1.165, 1.54) is 14.9 Å². The van der Waals surface area contributed by atoms with E-state index < -0.39 is 15.3 Å². The average Bonchev–Trinajstić information content (AvgIpc) is 3.47. The maximum absolute atomic E-state index is 14.2. The number of hydrogen-bond donors (Lipinski definition) is 1. The summed E-state index contributed by atoms with van der Waals surface area (Å²) in [5.74, 6) is 0.328. The van der Waals surface area contributed by atoms with Gasteiger partial charge in [0.2, 0.25) is 16.0 Å². The number of imidazole rings is 1. The zero-order chi connectivity index (χ0) is 31.8. The number of pyridine rings is 1. The van der Waals surface area contributed by atoms with Crippen LogP contribution in [0, 0.1) is 6.92 Å². The number of ether oxygens (including phenoxy) is 2. The second-order valence-electron chi connectivity index (χ2n) is 11.7. The van der Waals surface area contributed by atoms with Gasteiger partial charge >= 0.3 is 0 Å². The van der Waals surface area contributed by atoms with Crippen LogP contribution in [-0.4, -0.2) is 82.0 Å². The van der Waals surface area contributed by atoms with Gasteiger partial charge in [-0.2, -0.15) is 4.98 Å². The molecule has 1 N–H and O–H groups in total. The van der Waals surface area contributed by atoms with Gasteiger partial charge in [-0.3, -0.25) is 9.36 Å². The number of nitrogens with one attached hydrogen (secondary N) is 1. The number of para-hydroxylation sites is 1.